The summed E-state index contributed by atoms with van der Waals surface area (Å²) in [4.78, 5) is 24.8. The number of carbonyl (C=O) groups excluding carboxylic acids is 1. The van der Waals surface area contributed by atoms with Crippen molar-refractivity contribution in [3.8, 4) is 5.69 Å². The van der Waals surface area contributed by atoms with Crippen LogP contribution in [0.4, 0.5) is 10.1 Å². The summed E-state index contributed by atoms with van der Waals surface area (Å²) in [5.41, 5.74) is 2.94. The first-order valence-corrected chi connectivity index (χ1v) is 11.0. The Morgan fingerprint density at radius 1 is 1.26 bits per heavy atom. The maximum absolute atomic E-state index is 13.9. The number of tetrazole rings is 1. The summed E-state index contributed by atoms with van der Waals surface area (Å²) >= 11 is 0. The van der Waals surface area contributed by atoms with Crippen LogP contribution in [0.2, 0.25) is 0 Å². The van der Waals surface area contributed by atoms with Gasteiger partial charge < -0.3 is 9.64 Å². The molecule has 0 N–H and O–H groups in total. The summed E-state index contributed by atoms with van der Waals surface area (Å²) in [6, 6.07) is 6.79. The van der Waals surface area contributed by atoms with E-state index in [0.29, 0.717) is 37.5 Å². The van der Waals surface area contributed by atoms with Crippen molar-refractivity contribution >= 4 is 11.6 Å². The lowest BCUT2D eigenvalue weighted by Gasteiger charge is -2.46. The molecule has 11 heteroatoms. The molecule has 1 aromatic carbocycles. The van der Waals surface area contributed by atoms with Crippen LogP contribution in [-0.2, 0) is 16.0 Å². The molecule has 5 rings (SSSR count). The Morgan fingerprint density at radius 2 is 2.15 bits per heavy atom. The predicted octanol–water partition coefficient (Wildman–Crippen LogP) is 1.88. The highest BCUT2D eigenvalue weighted by molar-refractivity contribution is 5.78. The number of ether oxygens (including phenoxy) is 1. The van der Waals surface area contributed by atoms with Gasteiger partial charge in [-0.2, -0.15) is 4.68 Å². The summed E-state index contributed by atoms with van der Waals surface area (Å²) < 4.78 is 21.5. The highest BCUT2D eigenvalue weighted by Gasteiger charge is 2.36. The Morgan fingerprint density at radius 3 is 2.88 bits per heavy atom. The van der Waals surface area contributed by atoms with Gasteiger partial charge in [-0.05, 0) is 46.7 Å². The fourth-order valence-corrected chi connectivity index (χ4v) is 4.57. The van der Waals surface area contributed by atoms with E-state index in [2.05, 4.69) is 30.3 Å². The van der Waals surface area contributed by atoms with E-state index in [1.165, 1.54) is 17.1 Å². The molecule has 2 fully saturated rings. The number of pyridine rings is 1. The van der Waals surface area contributed by atoms with Gasteiger partial charge in [0.25, 0.3) is 0 Å². The van der Waals surface area contributed by atoms with E-state index < -0.39 is 5.82 Å². The van der Waals surface area contributed by atoms with Crippen molar-refractivity contribution in [1.82, 2.24) is 35.0 Å². The molecular weight excluding hydrogens is 439 g/mol. The van der Waals surface area contributed by atoms with Crippen LogP contribution in [0.1, 0.15) is 22.9 Å². The summed E-state index contributed by atoms with van der Waals surface area (Å²) in [6.45, 7) is 12.1. The number of hydrogen-bond donors (Lipinski definition) is 0. The molecule has 0 bridgehead atoms. The topological polar surface area (TPSA) is 93.6 Å². The zero-order valence-electron chi connectivity index (χ0n) is 18.6. The van der Waals surface area contributed by atoms with E-state index in [-0.39, 0.29) is 30.2 Å². The second kappa shape index (κ2) is 9.24. The van der Waals surface area contributed by atoms with Gasteiger partial charge in [-0.3, -0.25) is 14.7 Å². The Kier molecular flexibility index (Phi) is 6.00. The molecule has 0 aliphatic carbocycles. The number of hydrogen-bond acceptors (Lipinski definition) is 7. The number of rotatable bonds is 4. The highest BCUT2D eigenvalue weighted by Crippen LogP contribution is 2.34. The SMILES string of the molecule is [C-]#[N+]c1c(F)ccc([C@H]2CN3CCN(C(=O)Cc4ccc(-n5cnnn5)cn4)C[C@@H]3CO2)c1C. The highest BCUT2D eigenvalue weighted by atomic mass is 19.1. The second-order valence-electron chi connectivity index (χ2n) is 8.47. The number of morpholine rings is 1. The fraction of sp³-hybridized carbons (Fsp3) is 0.391. The van der Waals surface area contributed by atoms with E-state index >= 15 is 0 Å². The smallest absolute Gasteiger partial charge is 0.228 e. The van der Waals surface area contributed by atoms with Gasteiger partial charge in [0, 0.05) is 31.9 Å². The van der Waals surface area contributed by atoms with Crippen LogP contribution in [0, 0.1) is 19.3 Å². The molecule has 174 valence electrons. The third-order valence-electron chi connectivity index (χ3n) is 6.48. The van der Waals surface area contributed by atoms with Gasteiger partial charge in [0.1, 0.15) is 12.1 Å². The van der Waals surface area contributed by atoms with Gasteiger partial charge in [0.15, 0.2) is 0 Å². The summed E-state index contributed by atoms with van der Waals surface area (Å²) in [5.74, 6) is -0.475. The molecule has 0 radical (unpaired) electrons. The summed E-state index contributed by atoms with van der Waals surface area (Å²) in [5, 5.41) is 11.0. The van der Waals surface area contributed by atoms with Crippen LogP contribution in [-0.4, -0.2) is 79.7 Å². The van der Waals surface area contributed by atoms with Gasteiger partial charge >= 0.3 is 0 Å². The molecule has 2 aromatic heterocycles. The second-order valence-corrected chi connectivity index (χ2v) is 8.47. The van der Waals surface area contributed by atoms with E-state index in [4.69, 9.17) is 11.3 Å². The van der Waals surface area contributed by atoms with Crippen molar-refractivity contribution in [2.75, 3.05) is 32.8 Å². The molecule has 4 heterocycles. The lowest BCUT2D eigenvalue weighted by atomic mass is 9.98. The Labute approximate surface area is 195 Å². The molecule has 2 aliphatic heterocycles. The summed E-state index contributed by atoms with van der Waals surface area (Å²) in [6.07, 6.45) is 3.13. The molecule has 0 unspecified atom stereocenters. The predicted molar refractivity (Wildman–Crippen MR) is 119 cm³/mol. The first-order valence-electron chi connectivity index (χ1n) is 11.0. The lowest BCUT2D eigenvalue weighted by molar-refractivity contribution is -0.139. The minimum atomic E-state index is -0.503. The molecular formula is C23H23FN8O2. The van der Waals surface area contributed by atoms with E-state index in [1.807, 2.05) is 17.0 Å². The van der Waals surface area contributed by atoms with Crippen LogP contribution >= 0.6 is 0 Å². The zero-order valence-corrected chi connectivity index (χ0v) is 18.6. The number of amides is 1. The van der Waals surface area contributed by atoms with Crippen LogP contribution in [0.15, 0.2) is 36.8 Å². The van der Waals surface area contributed by atoms with Gasteiger partial charge in [-0.1, -0.05) is 6.07 Å². The van der Waals surface area contributed by atoms with Crippen LogP contribution in [0.5, 0.6) is 0 Å². The van der Waals surface area contributed by atoms with Crippen molar-refractivity contribution in [1.29, 1.82) is 0 Å². The fourth-order valence-electron chi connectivity index (χ4n) is 4.57. The van der Waals surface area contributed by atoms with Crippen molar-refractivity contribution in [3.05, 3.63) is 70.8 Å². The average Bonchev–Trinajstić information content (AvgIpc) is 3.39. The Bertz CT molecular complexity index is 1230. The zero-order chi connectivity index (χ0) is 23.7. The monoisotopic (exact) mass is 462 g/mol. The molecule has 10 nitrogen and oxygen atoms in total. The third kappa shape index (κ3) is 4.25. The number of benzene rings is 1. The number of halogens is 1. The molecule has 3 aromatic rings. The number of carbonyl (C=O) groups is 1. The molecule has 0 saturated carbocycles. The van der Waals surface area contributed by atoms with Crippen molar-refractivity contribution in [3.63, 3.8) is 0 Å². The molecule has 34 heavy (non-hydrogen) atoms. The van der Waals surface area contributed by atoms with Crippen molar-refractivity contribution < 1.29 is 13.9 Å². The maximum Gasteiger partial charge on any atom is 0.228 e. The standard InChI is InChI=1S/C23H23FN8O2/c1-15-19(5-6-20(24)23(15)25-2)21-12-30-7-8-31(11-18(30)13-34-21)22(33)9-16-3-4-17(10-26-16)32-14-27-28-29-32/h3-6,10,14,18,21H,7-9,11-13H2,1H3/t18-,21-/m1/s1. The number of fused-ring (bicyclic) bond motifs is 1. The molecule has 2 aliphatic rings. The first-order chi connectivity index (χ1) is 16.5. The van der Waals surface area contributed by atoms with Crippen molar-refractivity contribution in [2.24, 2.45) is 0 Å². The number of piperazine rings is 1. The van der Waals surface area contributed by atoms with Gasteiger partial charge in [0.05, 0.1) is 43.6 Å². The van der Waals surface area contributed by atoms with Gasteiger partial charge in [-0.25, -0.2) is 9.24 Å². The van der Waals surface area contributed by atoms with E-state index in [9.17, 15) is 9.18 Å². The van der Waals surface area contributed by atoms with Crippen molar-refractivity contribution in [2.45, 2.75) is 25.5 Å². The largest absolute Gasteiger partial charge is 0.371 e. The van der Waals surface area contributed by atoms with Gasteiger partial charge in [-0.15, -0.1) is 5.10 Å². The van der Waals surface area contributed by atoms with Crippen LogP contribution in [0.3, 0.4) is 0 Å². The third-order valence-corrected chi connectivity index (χ3v) is 6.48. The Hall–Kier alpha value is -3.75. The molecule has 1 amide bonds. The molecule has 2 saturated heterocycles. The van der Waals surface area contributed by atoms with E-state index in [0.717, 1.165) is 17.8 Å². The molecule has 2 atom stereocenters. The van der Waals surface area contributed by atoms with Crippen LogP contribution in [0.25, 0.3) is 10.5 Å². The molecule has 0 spiro atoms. The lowest BCUT2D eigenvalue weighted by Crippen LogP contribution is -2.59. The maximum atomic E-state index is 13.9. The van der Waals surface area contributed by atoms with Crippen LogP contribution < -0.4 is 0 Å². The number of nitrogens with zero attached hydrogens (tertiary/aromatic N) is 8. The minimum absolute atomic E-state index is 0.0283. The average molecular weight is 462 g/mol. The normalized spacial score (nSPS) is 20.6. The number of aromatic nitrogens is 5. The van der Waals surface area contributed by atoms with E-state index in [1.54, 1.807) is 19.2 Å². The first kappa shape index (κ1) is 22.1. The minimum Gasteiger partial charge on any atom is -0.371 e. The summed E-state index contributed by atoms with van der Waals surface area (Å²) in [7, 11) is 0. The van der Waals surface area contributed by atoms with Gasteiger partial charge in [0.2, 0.25) is 11.6 Å². The quantitative estimate of drug-likeness (QED) is 0.547. The Balaban J connectivity index is 1.19.